The standard InChI is InChI=1S/C24H29N3O4/c1-15(20-3-2-4-21-23(20)31-14-30-21)27-19-10-9-18(13-19)16-5-7-17(8-6-16)24(29)26-12-11-22(25)28/h2-8,15,18-19,27H,9-14H2,1H3,(H2,25,28)(H,26,29)/t15?,18-,19?/m0/s1. The Hall–Kier alpha value is -3.06. The topological polar surface area (TPSA) is 103 Å². The molecule has 2 amide bonds. The largest absolute Gasteiger partial charge is 0.454 e. The minimum atomic E-state index is -0.424. The smallest absolute Gasteiger partial charge is 0.251 e. The van der Waals surface area contributed by atoms with Crippen LogP contribution in [0.3, 0.4) is 0 Å². The molecule has 4 N–H and O–H groups in total. The fraction of sp³-hybridized carbons (Fsp3) is 0.417. The summed E-state index contributed by atoms with van der Waals surface area (Å²) >= 11 is 0. The summed E-state index contributed by atoms with van der Waals surface area (Å²) in [7, 11) is 0. The van der Waals surface area contributed by atoms with Crippen LogP contribution in [-0.4, -0.2) is 31.2 Å². The van der Waals surface area contributed by atoms with Crippen LogP contribution in [0.1, 0.15) is 66.1 Å². The second-order valence-corrected chi connectivity index (χ2v) is 8.27. The van der Waals surface area contributed by atoms with E-state index in [1.54, 1.807) is 0 Å². The average molecular weight is 424 g/mol. The Labute approximate surface area is 182 Å². The van der Waals surface area contributed by atoms with Crippen molar-refractivity contribution in [2.75, 3.05) is 13.3 Å². The molecule has 7 heteroatoms. The number of hydrogen-bond donors (Lipinski definition) is 3. The summed E-state index contributed by atoms with van der Waals surface area (Å²) in [6, 6.07) is 14.4. The van der Waals surface area contributed by atoms with Gasteiger partial charge in [-0.25, -0.2) is 0 Å². The van der Waals surface area contributed by atoms with E-state index in [1.807, 2.05) is 36.4 Å². The lowest BCUT2D eigenvalue weighted by atomic mass is 9.96. The summed E-state index contributed by atoms with van der Waals surface area (Å²) in [6.45, 7) is 2.70. The van der Waals surface area contributed by atoms with Gasteiger partial charge in [-0.05, 0) is 55.9 Å². The molecular weight excluding hydrogens is 394 g/mol. The van der Waals surface area contributed by atoms with Crippen molar-refractivity contribution >= 4 is 11.8 Å². The van der Waals surface area contributed by atoms with Crippen molar-refractivity contribution < 1.29 is 19.1 Å². The number of nitrogens with one attached hydrogen (secondary N) is 2. The molecule has 164 valence electrons. The number of rotatable bonds is 8. The summed E-state index contributed by atoms with van der Waals surface area (Å²) in [6.07, 6.45) is 3.42. The molecule has 2 unspecified atom stereocenters. The maximum absolute atomic E-state index is 12.2. The first-order chi connectivity index (χ1) is 15.0. The van der Waals surface area contributed by atoms with Gasteiger partial charge < -0.3 is 25.8 Å². The average Bonchev–Trinajstić information content (AvgIpc) is 3.42. The van der Waals surface area contributed by atoms with E-state index in [2.05, 4.69) is 23.6 Å². The van der Waals surface area contributed by atoms with Gasteiger partial charge in [-0.1, -0.05) is 24.3 Å². The molecule has 3 atom stereocenters. The second kappa shape index (κ2) is 9.39. The van der Waals surface area contributed by atoms with E-state index in [1.165, 1.54) is 5.56 Å². The molecule has 2 aliphatic rings. The van der Waals surface area contributed by atoms with E-state index in [0.717, 1.165) is 36.3 Å². The number of carbonyl (C=O) groups is 2. The van der Waals surface area contributed by atoms with Gasteiger partial charge in [0.25, 0.3) is 5.91 Å². The Morgan fingerprint density at radius 3 is 2.71 bits per heavy atom. The molecular formula is C24H29N3O4. The van der Waals surface area contributed by atoms with Crippen molar-refractivity contribution in [3.8, 4) is 11.5 Å². The third kappa shape index (κ3) is 4.99. The van der Waals surface area contributed by atoms with Gasteiger partial charge in [0.1, 0.15) is 0 Å². The van der Waals surface area contributed by atoms with Crippen LogP contribution in [0.2, 0.25) is 0 Å². The Balaban J connectivity index is 1.31. The lowest BCUT2D eigenvalue weighted by molar-refractivity contribution is -0.117. The maximum atomic E-state index is 12.2. The molecule has 0 bridgehead atoms. The van der Waals surface area contributed by atoms with Gasteiger partial charge in [-0.2, -0.15) is 0 Å². The van der Waals surface area contributed by atoms with Crippen molar-refractivity contribution in [3.63, 3.8) is 0 Å². The summed E-state index contributed by atoms with van der Waals surface area (Å²) in [5.41, 5.74) is 8.07. The van der Waals surface area contributed by atoms with E-state index >= 15 is 0 Å². The highest BCUT2D eigenvalue weighted by molar-refractivity contribution is 5.94. The molecule has 31 heavy (non-hydrogen) atoms. The first-order valence-corrected chi connectivity index (χ1v) is 10.8. The summed E-state index contributed by atoms with van der Waals surface area (Å²) in [5, 5.41) is 6.46. The SMILES string of the molecule is CC(NC1CC[C@H](c2ccc(C(=O)NCCC(N)=O)cc2)C1)c1cccc2c1OCO2. The third-order valence-corrected chi connectivity index (χ3v) is 6.11. The third-order valence-electron chi connectivity index (χ3n) is 6.11. The number of hydrogen-bond acceptors (Lipinski definition) is 5. The van der Waals surface area contributed by atoms with E-state index in [0.29, 0.717) is 17.5 Å². The molecule has 4 rings (SSSR count). The van der Waals surface area contributed by atoms with Crippen molar-refractivity contribution in [1.82, 2.24) is 10.6 Å². The van der Waals surface area contributed by atoms with Crippen LogP contribution < -0.4 is 25.8 Å². The van der Waals surface area contributed by atoms with Gasteiger partial charge in [0, 0.05) is 36.2 Å². The number of nitrogens with two attached hydrogens (primary N) is 1. The quantitative estimate of drug-likeness (QED) is 0.606. The highest BCUT2D eigenvalue weighted by atomic mass is 16.7. The van der Waals surface area contributed by atoms with Gasteiger partial charge in [0.05, 0.1) is 0 Å². The first-order valence-electron chi connectivity index (χ1n) is 10.8. The predicted octanol–water partition coefficient (Wildman–Crippen LogP) is 3.01. The second-order valence-electron chi connectivity index (χ2n) is 8.27. The fourth-order valence-corrected chi connectivity index (χ4v) is 4.48. The van der Waals surface area contributed by atoms with Crippen molar-refractivity contribution in [2.45, 2.75) is 50.6 Å². The summed E-state index contributed by atoms with van der Waals surface area (Å²) in [4.78, 5) is 22.9. The molecule has 1 aliphatic carbocycles. The normalized spacial score (nSPS) is 20.4. The maximum Gasteiger partial charge on any atom is 0.251 e. The molecule has 2 aromatic carbocycles. The number of amides is 2. The summed E-state index contributed by atoms with van der Waals surface area (Å²) in [5.74, 6) is 1.52. The van der Waals surface area contributed by atoms with E-state index in [4.69, 9.17) is 15.2 Å². The number of primary amides is 1. The molecule has 0 saturated heterocycles. The van der Waals surface area contributed by atoms with Gasteiger partial charge in [0.2, 0.25) is 12.7 Å². The van der Waals surface area contributed by atoms with Crippen LogP contribution >= 0.6 is 0 Å². The number of fused-ring (bicyclic) bond motifs is 1. The van der Waals surface area contributed by atoms with Crippen LogP contribution in [0.15, 0.2) is 42.5 Å². The van der Waals surface area contributed by atoms with E-state index < -0.39 is 5.91 Å². The minimum absolute atomic E-state index is 0.143. The predicted molar refractivity (Wildman–Crippen MR) is 117 cm³/mol. The molecule has 2 aromatic rings. The Bertz CT molecular complexity index is 944. The lowest BCUT2D eigenvalue weighted by Crippen LogP contribution is -2.29. The van der Waals surface area contributed by atoms with Crippen molar-refractivity contribution in [2.24, 2.45) is 5.73 Å². The minimum Gasteiger partial charge on any atom is -0.454 e. The molecule has 7 nitrogen and oxygen atoms in total. The van der Waals surface area contributed by atoms with Crippen LogP contribution in [-0.2, 0) is 4.79 Å². The van der Waals surface area contributed by atoms with Crippen LogP contribution in [0.5, 0.6) is 11.5 Å². The van der Waals surface area contributed by atoms with Crippen LogP contribution in [0, 0.1) is 0 Å². The zero-order valence-electron chi connectivity index (χ0n) is 17.7. The molecule has 1 aliphatic heterocycles. The monoisotopic (exact) mass is 423 g/mol. The van der Waals surface area contributed by atoms with Crippen LogP contribution in [0.4, 0.5) is 0 Å². The van der Waals surface area contributed by atoms with Gasteiger partial charge >= 0.3 is 0 Å². The zero-order valence-corrected chi connectivity index (χ0v) is 17.7. The number of para-hydroxylation sites is 1. The van der Waals surface area contributed by atoms with Crippen molar-refractivity contribution in [1.29, 1.82) is 0 Å². The first kappa shape index (κ1) is 21.2. The Kier molecular flexibility index (Phi) is 6.42. The summed E-state index contributed by atoms with van der Waals surface area (Å²) < 4.78 is 11.1. The van der Waals surface area contributed by atoms with Crippen LogP contribution in [0.25, 0.3) is 0 Å². The fourth-order valence-electron chi connectivity index (χ4n) is 4.48. The molecule has 1 fully saturated rings. The number of benzene rings is 2. The zero-order chi connectivity index (χ0) is 21.8. The molecule has 0 aromatic heterocycles. The van der Waals surface area contributed by atoms with Crippen molar-refractivity contribution in [3.05, 3.63) is 59.2 Å². The van der Waals surface area contributed by atoms with Gasteiger partial charge in [-0.3, -0.25) is 9.59 Å². The van der Waals surface area contributed by atoms with Gasteiger partial charge in [-0.15, -0.1) is 0 Å². The lowest BCUT2D eigenvalue weighted by Gasteiger charge is -2.21. The molecule has 1 heterocycles. The molecule has 1 saturated carbocycles. The van der Waals surface area contributed by atoms with E-state index in [9.17, 15) is 9.59 Å². The highest BCUT2D eigenvalue weighted by Gasteiger charge is 2.28. The molecule has 0 spiro atoms. The Morgan fingerprint density at radius 2 is 1.94 bits per heavy atom. The molecule has 0 radical (unpaired) electrons. The Morgan fingerprint density at radius 1 is 1.13 bits per heavy atom. The van der Waals surface area contributed by atoms with E-state index in [-0.39, 0.29) is 31.7 Å². The van der Waals surface area contributed by atoms with Gasteiger partial charge in [0.15, 0.2) is 11.5 Å². The number of ether oxygens (including phenoxy) is 2. The highest BCUT2D eigenvalue weighted by Crippen LogP contribution is 2.40. The number of carbonyl (C=O) groups excluding carboxylic acids is 2.